The van der Waals surface area contributed by atoms with E-state index < -0.39 is 0 Å². The number of carbonyl (C=O) groups excluding carboxylic acids is 1. The van der Waals surface area contributed by atoms with Gasteiger partial charge in [0.05, 0.1) is 12.7 Å². The van der Waals surface area contributed by atoms with Crippen LogP contribution in [0.4, 0.5) is 0 Å². The SMILES string of the molecule is NC1C[C@H](OCc2ccccc2)CC1NC(=O)c1cc2cc(Cl)ccc2[nH]1. The molecule has 1 aliphatic rings. The van der Waals surface area contributed by atoms with Gasteiger partial charge in [-0.25, -0.2) is 0 Å². The number of hydrogen-bond acceptors (Lipinski definition) is 3. The van der Waals surface area contributed by atoms with E-state index in [1.54, 1.807) is 12.1 Å². The second-order valence-corrected chi connectivity index (χ2v) is 7.48. The molecule has 1 heterocycles. The van der Waals surface area contributed by atoms with Crippen molar-refractivity contribution in [1.82, 2.24) is 10.3 Å². The Labute approximate surface area is 162 Å². The quantitative estimate of drug-likeness (QED) is 0.629. The van der Waals surface area contributed by atoms with Gasteiger partial charge in [0, 0.05) is 28.0 Å². The van der Waals surface area contributed by atoms with Crippen LogP contribution >= 0.6 is 11.6 Å². The van der Waals surface area contributed by atoms with Crippen LogP contribution in [0.3, 0.4) is 0 Å². The molecule has 4 N–H and O–H groups in total. The summed E-state index contributed by atoms with van der Waals surface area (Å²) in [6, 6.07) is 17.1. The number of amides is 1. The number of H-pyrrole nitrogens is 1. The summed E-state index contributed by atoms with van der Waals surface area (Å²) in [4.78, 5) is 15.7. The van der Waals surface area contributed by atoms with Crippen molar-refractivity contribution in [1.29, 1.82) is 0 Å². The lowest BCUT2D eigenvalue weighted by Crippen LogP contribution is -2.44. The van der Waals surface area contributed by atoms with E-state index in [0.717, 1.165) is 22.9 Å². The molecule has 27 heavy (non-hydrogen) atoms. The molecule has 1 aromatic heterocycles. The van der Waals surface area contributed by atoms with Gasteiger partial charge in [0.25, 0.3) is 5.91 Å². The lowest BCUT2D eigenvalue weighted by Gasteiger charge is -2.16. The summed E-state index contributed by atoms with van der Waals surface area (Å²) in [5.74, 6) is -0.161. The maximum Gasteiger partial charge on any atom is 0.268 e. The number of carbonyl (C=O) groups is 1. The minimum atomic E-state index is -0.161. The summed E-state index contributed by atoms with van der Waals surface area (Å²) in [6.45, 7) is 0.557. The predicted octanol–water partition coefficient (Wildman–Crippen LogP) is 3.63. The molecule has 3 aromatic rings. The first-order valence-electron chi connectivity index (χ1n) is 9.09. The highest BCUT2D eigenvalue weighted by Gasteiger charge is 2.33. The van der Waals surface area contributed by atoms with Gasteiger partial charge in [0.15, 0.2) is 0 Å². The second-order valence-electron chi connectivity index (χ2n) is 7.05. The maximum absolute atomic E-state index is 12.6. The van der Waals surface area contributed by atoms with Crippen LogP contribution in [-0.4, -0.2) is 29.1 Å². The predicted molar refractivity (Wildman–Crippen MR) is 107 cm³/mol. The number of nitrogens with one attached hydrogen (secondary N) is 2. The number of benzene rings is 2. The van der Waals surface area contributed by atoms with Crippen LogP contribution in [0.15, 0.2) is 54.6 Å². The summed E-state index contributed by atoms with van der Waals surface area (Å²) in [7, 11) is 0. The molecule has 1 aliphatic carbocycles. The summed E-state index contributed by atoms with van der Waals surface area (Å²) >= 11 is 6.01. The first kappa shape index (κ1) is 18.0. The van der Waals surface area contributed by atoms with Crippen molar-refractivity contribution >= 4 is 28.4 Å². The molecule has 2 unspecified atom stereocenters. The van der Waals surface area contributed by atoms with Crippen LogP contribution in [0.2, 0.25) is 5.02 Å². The standard InChI is InChI=1S/C21H22ClN3O2/c22-15-6-7-18-14(8-15)9-20(24-18)21(26)25-19-11-16(10-17(19)23)27-12-13-4-2-1-3-5-13/h1-9,16-17,19,24H,10-12,23H2,(H,25,26)/t16-,17?,19?/m0/s1. The molecule has 1 fully saturated rings. The lowest BCUT2D eigenvalue weighted by atomic mass is 10.2. The number of rotatable bonds is 5. The van der Waals surface area contributed by atoms with Crippen molar-refractivity contribution in [3.63, 3.8) is 0 Å². The zero-order valence-electron chi connectivity index (χ0n) is 14.8. The second kappa shape index (κ2) is 7.72. The normalized spacial score (nSPS) is 22.2. The molecule has 0 radical (unpaired) electrons. The highest BCUT2D eigenvalue weighted by atomic mass is 35.5. The van der Waals surface area contributed by atoms with Gasteiger partial charge < -0.3 is 20.8 Å². The molecule has 0 aliphatic heterocycles. The Balaban J connectivity index is 1.36. The summed E-state index contributed by atoms with van der Waals surface area (Å²) in [5.41, 5.74) is 8.76. The highest BCUT2D eigenvalue weighted by molar-refractivity contribution is 6.31. The van der Waals surface area contributed by atoms with E-state index in [0.29, 0.717) is 23.7 Å². The number of halogens is 1. The Kier molecular flexibility index (Phi) is 5.16. The Bertz CT molecular complexity index is 941. The van der Waals surface area contributed by atoms with Crippen LogP contribution in [0.1, 0.15) is 28.9 Å². The van der Waals surface area contributed by atoms with Crippen molar-refractivity contribution in [2.75, 3.05) is 0 Å². The third-order valence-electron chi connectivity index (χ3n) is 5.04. The van der Waals surface area contributed by atoms with Crippen LogP contribution in [-0.2, 0) is 11.3 Å². The van der Waals surface area contributed by atoms with E-state index in [9.17, 15) is 4.79 Å². The molecule has 3 atom stereocenters. The van der Waals surface area contributed by atoms with Gasteiger partial charge in [0.1, 0.15) is 5.69 Å². The van der Waals surface area contributed by atoms with Gasteiger partial charge in [-0.05, 0) is 42.7 Å². The molecule has 0 bridgehead atoms. The van der Waals surface area contributed by atoms with Gasteiger partial charge in [-0.15, -0.1) is 0 Å². The molecule has 0 saturated heterocycles. The molecule has 2 aromatic carbocycles. The molecule has 1 amide bonds. The van der Waals surface area contributed by atoms with Crippen molar-refractivity contribution in [3.05, 3.63) is 70.9 Å². The molecule has 140 valence electrons. The molecule has 0 spiro atoms. The van der Waals surface area contributed by atoms with E-state index in [1.165, 1.54) is 0 Å². The third-order valence-corrected chi connectivity index (χ3v) is 5.28. The monoisotopic (exact) mass is 383 g/mol. The molecule has 5 nitrogen and oxygen atoms in total. The largest absolute Gasteiger partial charge is 0.373 e. The van der Waals surface area contributed by atoms with Gasteiger partial charge in [-0.2, -0.15) is 0 Å². The topological polar surface area (TPSA) is 80.1 Å². The smallest absolute Gasteiger partial charge is 0.268 e. The molecule has 6 heteroatoms. The molecular weight excluding hydrogens is 362 g/mol. The Hall–Kier alpha value is -2.34. The summed E-state index contributed by atoms with van der Waals surface area (Å²) in [6.07, 6.45) is 1.50. The van der Waals surface area contributed by atoms with E-state index in [1.807, 2.05) is 42.5 Å². The Morgan fingerprint density at radius 3 is 2.81 bits per heavy atom. The zero-order chi connectivity index (χ0) is 18.8. The fraction of sp³-hybridized carbons (Fsp3) is 0.286. The first-order chi connectivity index (χ1) is 13.1. The van der Waals surface area contributed by atoms with Crippen LogP contribution < -0.4 is 11.1 Å². The fourth-order valence-electron chi connectivity index (χ4n) is 3.58. The first-order valence-corrected chi connectivity index (χ1v) is 9.46. The van der Waals surface area contributed by atoms with Crippen LogP contribution in [0, 0.1) is 0 Å². The van der Waals surface area contributed by atoms with E-state index in [4.69, 9.17) is 22.1 Å². The number of aromatic amines is 1. The average molecular weight is 384 g/mol. The van der Waals surface area contributed by atoms with Crippen molar-refractivity contribution in [2.24, 2.45) is 5.73 Å². The Morgan fingerprint density at radius 2 is 2.00 bits per heavy atom. The number of nitrogens with two attached hydrogens (primary N) is 1. The van der Waals surface area contributed by atoms with Gasteiger partial charge in [0.2, 0.25) is 0 Å². The zero-order valence-corrected chi connectivity index (χ0v) is 15.6. The third kappa shape index (κ3) is 4.16. The van der Waals surface area contributed by atoms with Crippen LogP contribution in [0.25, 0.3) is 10.9 Å². The number of fused-ring (bicyclic) bond motifs is 1. The minimum absolute atomic E-state index is 0.0482. The minimum Gasteiger partial charge on any atom is -0.373 e. The lowest BCUT2D eigenvalue weighted by molar-refractivity contribution is 0.0434. The Morgan fingerprint density at radius 1 is 1.19 bits per heavy atom. The van der Waals surface area contributed by atoms with Gasteiger partial charge >= 0.3 is 0 Å². The average Bonchev–Trinajstić information content (AvgIpc) is 3.24. The van der Waals surface area contributed by atoms with Crippen molar-refractivity contribution < 1.29 is 9.53 Å². The van der Waals surface area contributed by atoms with Crippen LogP contribution in [0.5, 0.6) is 0 Å². The maximum atomic E-state index is 12.6. The van der Waals surface area contributed by atoms with E-state index >= 15 is 0 Å². The van der Waals surface area contributed by atoms with E-state index in [-0.39, 0.29) is 24.1 Å². The fourth-order valence-corrected chi connectivity index (χ4v) is 3.76. The number of hydrogen-bond donors (Lipinski definition) is 3. The van der Waals surface area contributed by atoms with Crippen molar-refractivity contribution in [3.8, 4) is 0 Å². The number of ether oxygens (including phenoxy) is 1. The highest BCUT2D eigenvalue weighted by Crippen LogP contribution is 2.24. The molecular formula is C21H22ClN3O2. The molecule has 4 rings (SSSR count). The van der Waals surface area contributed by atoms with Gasteiger partial charge in [-0.1, -0.05) is 41.9 Å². The summed E-state index contributed by atoms with van der Waals surface area (Å²) in [5, 5.41) is 4.59. The van der Waals surface area contributed by atoms with E-state index in [2.05, 4.69) is 10.3 Å². The van der Waals surface area contributed by atoms with Crippen molar-refractivity contribution in [2.45, 2.75) is 37.6 Å². The molecule has 1 saturated carbocycles. The summed E-state index contributed by atoms with van der Waals surface area (Å²) < 4.78 is 5.98. The van der Waals surface area contributed by atoms with Gasteiger partial charge in [-0.3, -0.25) is 4.79 Å². The number of aromatic nitrogens is 1.